The summed E-state index contributed by atoms with van der Waals surface area (Å²) >= 11 is 0. The van der Waals surface area contributed by atoms with Crippen LogP contribution in [0.5, 0.6) is 0 Å². The second kappa shape index (κ2) is 6.05. The van der Waals surface area contributed by atoms with Crippen LogP contribution < -0.4 is 5.73 Å². The van der Waals surface area contributed by atoms with Gasteiger partial charge in [0.05, 0.1) is 5.56 Å². The number of hydrogen-bond donors (Lipinski definition) is 2. The van der Waals surface area contributed by atoms with E-state index in [-0.39, 0.29) is 12.8 Å². The van der Waals surface area contributed by atoms with Crippen LogP contribution in [0.3, 0.4) is 0 Å². The topological polar surface area (TPSA) is 101 Å². The minimum Gasteiger partial charge on any atom is -0.369 e. The molecular weight excluding hydrogens is 272 g/mol. The average molecular weight is 290 g/mol. The highest BCUT2D eigenvalue weighted by atomic mass is 16.3. The lowest BCUT2D eigenvalue weighted by molar-refractivity contribution is -0.126. The van der Waals surface area contributed by atoms with Gasteiger partial charge in [-0.25, -0.2) is 0 Å². The fourth-order valence-corrected chi connectivity index (χ4v) is 2.74. The fraction of sp³-hybridized carbons (Fsp3) is 0.400. The van der Waals surface area contributed by atoms with E-state index < -0.39 is 24.1 Å². The maximum atomic E-state index is 12.6. The molecule has 3 N–H and O–H groups in total. The summed E-state index contributed by atoms with van der Waals surface area (Å²) in [5.41, 5.74) is 7.06. The highest BCUT2D eigenvalue weighted by Gasteiger charge is 2.42. The van der Waals surface area contributed by atoms with Gasteiger partial charge < -0.3 is 15.6 Å². The quantitative estimate of drug-likeness (QED) is 0.746. The number of fused-ring (bicyclic) bond motifs is 1. The Morgan fingerprint density at radius 1 is 1.52 bits per heavy atom. The summed E-state index contributed by atoms with van der Waals surface area (Å²) in [6.07, 6.45) is 0.305. The Balaban J connectivity index is 2.42. The van der Waals surface area contributed by atoms with Gasteiger partial charge in [-0.15, -0.1) is 0 Å². The first-order chi connectivity index (χ1) is 10.0. The predicted molar refractivity (Wildman–Crippen MR) is 75.2 cm³/mol. The third-order valence-corrected chi connectivity index (χ3v) is 3.78. The second-order valence-electron chi connectivity index (χ2n) is 4.98. The number of nitrogens with two attached hydrogens (primary N) is 1. The molecule has 2 atom stereocenters. The minimum absolute atomic E-state index is 0.0983. The molecule has 6 heteroatoms. The van der Waals surface area contributed by atoms with Crippen LogP contribution >= 0.6 is 0 Å². The summed E-state index contributed by atoms with van der Waals surface area (Å²) in [5.74, 6) is -1.14. The van der Waals surface area contributed by atoms with Gasteiger partial charge in [-0.2, -0.15) is 0 Å². The molecule has 0 saturated heterocycles. The Hall–Kier alpha value is -2.21. The SMILES string of the molecule is CCc1cccc2c1C(=O)N(C(CCC=O)C(N)=O)C2O. The van der Waals surface area contributed by atoms with E-state index in [1.807, 2.05) is 13.0 Å². The summed E-state index contributed by atoms with van der Waals surface area (Å²) < 4.78 is 0. The maximum absolute atomic E-state index is 12.6. The Labute approximate surface area is 122 Å². The molecule has 112 valence electrons. The van der Waals surface area contributed by atoms with Gasteiger partial charge in [-0.05, 0) is 18.4 Å². The summed E-state index contributed by atoms with van der Waals surface area (Å²) in [5, 5.41) is 10.4. The van der Waals surface area contributed by atoms with Crippen molar-refractivity contribution in [1.29, 1.82) is 0 Å². The van der Waals surface area contributed by atoms with Crippen LogP contribution in [0.2, 0.25) is 0 Å². The number of primary amides is 1. The van der Waals surface area contributed by atoms with E-state index in [2.05, 4.69) is 0 Å². The van der Waals surface area contributed by atoms with Gasteiger partial charge in [-0.1, -0.05) is 25.1 Å². The molecule has 2 unspecified atom stereocenters. The van der Waals surface area contributed by atoms with Crippen molar-refractivity contribution in [2.45, 2.75) is 38.5 Å². The third-order valence-electron chi connectivity index (χ3n) is 3.78. The highest BCUT2D eigenvalue weighted by molar-refractivity contribution is 6.02. The molecule has 1 aromatic rings. The summed E-state index contributed by atoms with van der Waals surface area (Å²) in [4.78, 5) is 35.7. The number of amides is 2. The zero-order chi connectivity index (χ0) is 15.6. The second-order valence-corrected chi connectivity index (χ2v) is 4.98. The average Bonchev–Trinajstić information content (AvgIpc) is 2.72. The number of carbonyl (C=O) groups is 3. The predicted octanol–water partition coefficient (Wildman–Crippen LogP) is 0.529. The first-order valence-electron chi connectivity index (χ1n) is 6.88. The van der Waals surface area contributed by atoms with E-state index >= 15 is 0 Å². The van der Waals surface area contributed by atoms with E-state index in [4.69, 9.17) is 5.73 Å². The number of hydrogen-bond acceptors (Lipinski definition) is 4. The molecule has 6 nitrogen and oxygen atoms in total. The van der Waals surface area contributed by atoms with Crippen molar-refractivity contribution < 1.29 is 19.5 Å². The van der Waals surface area contributed by atoms with Crippen molar-refractivity contribution in [3.63, 3.8) is 0 Å². The maximum Gasteiger partial charge on any atom is 0.257 e. The molecule has 2 amide bonds. The Bertz CT molecular complexity index is 585. The van der Waals surface area contributed by atoms with E-state index in [9.17, 15) is 19.5 Å². The molecule has 1 heterocycles. The van der Waals surface area contributed by atoms with Crippen molar-refractivity contribution >= 4 is 18.1 Å². The van der Waals surface area contributed by atoms with Crippen molar-refractivity contribution in [2.24, 2.45) is 5.73 Å². The molecular formula is C15H18N2O4. The van der Waals surface area contributed by atoms with Gasteiger partial charge in [0.15, 0.2) is 6.23 Å². The molecule has 1 aliphatic rings. The van der Waals surface area contributed by atoms with Crippen LogP contribution in [0, 0.1) is 0 Å². The van der Waals surface area contributed by atoms with Gasteiger partial charge in [0.25, 0.3) is 5.91 Å². The van der Waals surface area contributed by atoms with Crippen LogP contribution in [0.4, 0.5) is 0 Å². The van der Waals surface area contributed by atoms with E-state index in [0.29, 0.717) is 23.8 Å². The van der Waals surface area contributed by atoms with Gasteiger partial charge >= 0.3 is 0 Å². The number of carbonyl (C=O) groups excluding carboxylic acids is 3. The molecule has 0 radical (unpaired) electrons. The Morgan fingerprint density at radius 2 is 2.24 bits per heavy atom. The van der Waals surface area contributed by atoms with Crippen molar-refractivity contribution in [1.82, 2.24) is 4.90 Å². The molecule has 0 spiro atoms. The van der Waals surface area contributed by atoms with Crippen LogP contribution in [0.1, 0.15) is 47.5 Å². The largest absolute Gasteiger partial charge is 0.369 e. The van der Waals surface area contributed by atoms with Crippen LogP contribution in [-0.4, -0.2) is 34.1 Å². The van der Waals surface area contributed by atoms with Crippen LogP contribution in [0.15, 0.2) is 18.2 Å². The minimum atomic E-state index is -1.21. The Kier molecular flexibility index (Phi) is 4.37. The van der Waals surface area contributed by atoms with E-state index in [1.54, 1.807) is 12.1 Å². The van der Waals surface area contributed by atoms with Crippen molar-refractivity contribution in [2.75, 3.05) is 0 Å². The summed E-state index contributed by atoms with van der Waals surface area (Å²) in [6.45, 7) is 1.91. The van der Waals surface area contributed by atoms with E-state index in [1.165, 1.54) is 0 Å². The number of aryl methyl sites for hydroxylation is 1. The lowest BCUT2D eigenvalue weighted by Crippen LogP contribution is -2.46. The fourth-order valence-electron chi connectivity index (χ4n) is 2.74. The van der Waals surface area contributed by atoms with Gasteiger partial charge in [-0.3, -0.25) is 14.5 Å². The van der Waals surface area contributed by atoms with E-state index in [0.717, 1.165) is 10.5 Å². The number of aldehydes is 1. The molecule has 1 aromatic carbocycles. The standard InChI is InChI=1S/C15H18N2O4/c1-2-9-5-3-6-10-12(9)15(21)17(14(10)20)11(13(16)19)7-4-8-18/h3,5-6,8,11,14,20H,2,4,7H2,1H3,(H2,16,19). The van der Waals surface area contributed by atoms with Crippen molar-refractivity contribution in [3.8, 4) is 0 Å². The number of aliphatic hydroxyl groups is 1. The molecule has 0 saturated carbocycles. The molecule has 1 aliphatic heterocycles. The number of nitrogens with zero attached hydrogens (tertiary/aromatic N) is 1. The zero-order valence-electron chi connectivity index (χ0n) is 11.8. The third kappa shape index (κ3) is 2.54. The summed E-state index contributed by atoms with van der Waals surface area (Å²) in [7, 11) is 0. The van der Waals surface area contributed by atoms with Gasteiger partial charge in [0.1, 0.15) is 12.3 Å². The molecule has 0 fully saturated rings. The molecule has 0 bridgehead atoms. The number of aliphatic hydroxyl groups excluding tert-OH is 1. The normalized spacial score (nSPS) is 18.5. The molecule has 2 rings (SSSR count). The smallest absolute Gasteiger partial charge is 0.257 e. The molecule has 0 aromatic heterocycles. The Morgan fingerprint density at radius 3 is 2.81 bits per heavy atom. The summed E-state index contributed by atoms with van der Waals surface area (Å²) in [6, 6.07) is 4.25. The molecule has 21 heavy (non-hydrogen) atoms. The monoisotopic (exact) mass is 290 g/mol. The highest BCUT2D eigenvalue weighted by Crippen LogP contribution is 2.36. The lowest BCUT2D eigenvalue weighted by atomic mass is 10.0. The molecule has 0 aliphatic carbocycles. The zero-order valence-corrected chi connectivity index (χ0v) is 11.8. The lowest BCUT2D eigenvalue weighted by Gasteiger charge is -2.28. The van der Waals surface area contributed by atoms with Crippen LogP contribution in [0.25, 0.3) is 0 Å². The van der Waals surface area contributed by atoms with Crippen molar-refractivity contribution in [3.05, 3.63) is 34.9 Å². The number of benzene rings is 1. The number of rotatable bonds is 6. The first-order valence-corrected chi connectivity index (χ1v) is 6.88. The van der Waals surface area contributed by atoms with Gasteiger partial charge in [0.2, 0.25) is 5.91 Å². The first kappa shape index (κ1) is 15.2. The van der Waals surface area contributed by atoms with Crippen LogP contribution in [-0.2, 0) is 16.0 Å². The van der Waals surface area contributed by atoms with Gasteiger partial charge in [0, 0.05) is 12.0 Å².